The van der Waals surface area contributed by atoms with Gasteiger partial charge in [-0.1, -0.05) is 13.3 Å². The quantitative estimate of drug-likeness (QED) is 0.922. The molecule has 20 heavy (non-hydrogen) atoms. The van der Waals surface area contributed by atoms with Crippen LogP contribution in [0.5, 0.6) is 0 Å². The summed E-state index contributed by atoms with van der Waals surface area (Å²) in [5.74, 6) is -0.0154. The van der Waals surface area contributed by atoms with E-state index in [-0.39, 0.29) is 0 Å². The molecule has 0 aliphatic carbocycles. The molecule has 1 unspecified atom stereocenters. The number of carboxylic acids is 1. The molecule has 2 aromatic rings. The van der Waals surface area contributed by atoms with Crippen molar-refractivity contribution in [2.75, 3.05) is 11.4 Å². The van der Waals surface area contributed by atoms with Crippen LogP contribution in [0.1, 0.15) is 32.6 Å². The van der Waals surface area contributed by atoms with Gasteiger partial charge in [0.25, 0.3) is 0 Å². The van der Waals surface area contributed by atoms with Crippen molar-refractivity contribution in [3.63, 3.8) is 0 Å². The minimum atomic E-state index is -0.805. The number of rotatable bonds is 4. The molecule has 3 rings (SSSR count). The Morgan fingerprint density at radius 3 is 3.10 bits per heavy atom. The minimum Gasteiger partial charge on any atom is -0.479 e. The zero-order valence-electron chi connectivity index (χ0n) is 11.5. The summed E-state index contributed by atoms with van der Waals surface area (Å²) in [6.07, 6.45) is 6.58. The largest absolute Gasteiger partial charge is 0.479 e. The first kappa shape index (κ1) is 12.9. The summed E-state index contributed by atoms with van der Waals surface area (Å²) in [4.78, 5) is 18.3. The van der Waals surface area contributed by atoms with Crippen LogP contribution in [-0.2, 0) is 4.79 Å². The Balaban J connectivity index is 2.03. The molecule has 1 aliphatic rings. The summed E-state index contributed by atoms with van der Waals surface area (Å²) in [5, 5.41) is 13.8. The molecule has 1 fully saturated rings. The topological polar surface area (TPSA) is 70.7 Å². The second-order valence-electron chi connectivity index (χ2n) is 5.26. The first-order chi connectivity index (χ1) is 9.67. The average Bonchev–Trinajstić information content (AvgIpc) is 3.04. The predicted molar refractivity (Wildman–Crippen MR) is 74.8 cm³/mol. The summed E-state index contributed by atoms with van der Waals surface area (Å²) in [7, 11) is 0. The smallest absolute Gasteiger partial charge is 0.329 e. The number of aliphatic carboxylic acids is 1. The van der Waals surface area contributed by atoms with Gasteiger partial charge >= 0.3 is 5.97 Å². The van der Waals surface area contributed by atoms with Crippen molar-refractivity contribution in [1.29, 1.82) is 0 Å². The number of anilines is 1. The van der Waals surface area contributed by atoms with Crippen LogP contribution in [0.25, 0.3) is 5.65 Å². The maximum atomic E-state index is 11.8. The SMILES string of the molecule is CCCC1(C(=O)O)CCCN1c1ccn2nccc2n1. The molecule has 0 radical (unpaired) electrons. The van der Waals surface area contributed by atoms with Gasteiger partial charge in [0.2, 0.25) is 0 Å². The van der Waals surface area contributed by atoms with Crippen LogP contribution in [0.15, 0.2) is 24.5 Å². The van der Waals surface area contributed by atoms with Crippen LogP contribution in [0.4, 0.5) is 5.82 Å². The highest BCUT2D eigenvalue weighted by Gasteiger charge is 2.47. The maximum Gasteiger partial charge on any atom is 0.329 e. The fraction of sp³-hybridized carbons (Fsp3) is 0.500. The molecule has 0 saturated carbocycles. The number of hydrogen-bond acceptors (Lipinski definition) is 4. The van der Waals surface area contributed by atoms with Crippen molar-refractivity contribution >= 4 is 17.4 Å². The highest BCUT2D eigenvalue weighted by Crippen LogP contribution is 2.37. The van der Waals surface area contributed by atoms with Gasteiger partial charge in [-0.05, 0) is 25.3 Å². The summed E-state index contributed by atoms with van der Waals surface area (Å²) in [5.41, 5.74) is -0.0645. The standard InChI is InChI=1S/C14H18N4O2/c1-2-6-14(13(19)20)7-3-9-17(14)11-5-10-18-12(16-11)4-8-15-18/h4-5,8,10H,2-3,6-7,9H2,1H3,(H,19,20). The van der Waals surface area contributed by atoms with Crippen LogP contribution in [0, 0.1) is 0 Å². The highest BCUT2D eigenvalue weighted by atomic mass is 16.4. The summed E-state index contributed by atoms with van der Waals surface area (Å²) < 4.78 is 1.68. The van der Waals surface area contributed by atoms with Gasteiger partial charge in [0, 0.05) is 18.8 Å². The Morgan fingerprint density at radius 2 is 2.35 bits per heavy atom. The summed E-state index contributed by atoms with van der Waals surface area (Å²) in [6, 6.07) is 3.67. The molecular weight excluding hydrogens is 256 g/mol. The lowest BCUT2D eigenvalue weighted by Crippen LogP contribution is -2.51. The monoisotopic (exact) mass is 274 g/mol. The van der Waals surface area contributed by atoms with E-state index in [9.17, 15) is 9.90 Å². The second-order valence-corrected chi connectivity index (χ2v) is 5.26. The minimum absolute atomic E-state index is 0.647. The molecule has 6 nitrogen and oxygen atoms in total. The van der Waals surface area contributed by atoms with E-state index in [1.807, 2.05) is 30.2 Å². The van der Waals surface area contributed by atoms with Crippen LogP contribution < -0.4 is 4.90 Å². The van der Waals surface area contributed by atoms with Gasteiger partial charge in [0.05, 0.1) is 6.20 Å². The fourth-order valence-electron chi connectivity index (χ4n) is 3.17. The Morgan fingerprint density at radius 1 is 1.50 bits per heavy atom. The third-order valence-corrected chi connectivity index (χ3v) is 4.07. The molecule has 0 aromatic carbocycles. The third kappa shape index (κ3) is 1.83. The van der Waals surface area contributed by atoms with E-state index in [2.05, 4.69) is 10.1 Å². The van der Waals surface area contributed by atoms with Crippen LogP contribution >= 0.6 is 0 Å². The molecule has 106 valence electrons. The van der Waals surface area contributed by atoms with Crippen molar-refractivity contribution in [1.82, 2.24) is 14.6 Å². The van der Waals surface area contributed by atoms with E-state index < -0.39 is 11.5 Å². The van der Waals surface area contributed by atoms with Crippen molar-refractivity contribution < 1.29 is 9.90 Å². The normalized spacial score (nSPS) is 22.6. The lowest BCUT2D eigenvalue weighted by atomic mass is 9.90. The lowest BCUT2D eigenvalue weighted by Gasteiger charge is -2.35. The third-order valence-electron chi connectivity index (χ3n) is 4.07. The van der Waals surface area contributed by atoms with Crippen molar-refractivity contribution in [3.8, 4) is 0 Å². The number of nitrogens with zero attached hydrogens (tertiary/aromatic N) is 4. The Bertz CT molecular complexity index is 639. The molecule has 6 heteroatoms. The average molecular weight is 274 g/mol. The predicted octanol–water partition coefficient (Wildman–Crippen LogP) is 1.95. The molecule has 0 spiro atoms. The van der Waals surface area contributed by atoms with E-state index in [1.165, 1.54) is 0 Å². The van der Waals surface area contributed by atoms with E-state index >= 15 is 0 Å². The van der Waals surface area contributed by atoms with E-state index in [0.29, 0.717) is 12.8 Å². The number of aromatic nitrogens is 3. The van der Waals surface area contributed by atoms with Crippen molar-refractivity contribution in [2.45, 2.75) is 38.1 Å². The van der Waals surface area contributed by atoms with Gasteiger partial charge in [-0.25, -0.2) is 14.3 Å². The van der Waals surface area contributed by atoms with E-state index in [1.54, 1.807) is 10.7 Å². The van der Waals surface area contributed by atoms with Crippen LogP contribution in [0.3, 0.4) is 0 Å². The first-order valence-electron chi connectivity index (χ1n) is 6.99. The van der Waals surface area contributed by atoms with Gasteiger partial charge in [-0.15, -0.1) is 0 Å². The van der Waals surface area contributed by atoms with Gasteiger partial charge in [0.1, 0.15) is 11.4 Å². The lowest BCUT2D eigenvalue weighted by molar-refractivity contribution is -0.143. The molecule has 0 amide bonds. The van der Waals surface area contributed by atoms with E-state index in [0.717, 1.165) is 30.9 Å². The molecule has 1 saturated heterocycles. The number of hydrogen-bond donors (Lipinski definition) is 1. The molecule has 1 aliphatic heterocycles. The first-order valence-corrected chi connectivity index (χ1v) is 6.99. The van der Waals surface area contributed by atoms with Gasteiger partial charge in [-0.2, -0.15) is 5.10 Å². The van der Waals surface area contributed by atoms with Gasteiger partial charge < -0.3 is 10.0 Å². The van der Waals surface area contributed by atoms with E-state index in [4.69, 9.17) is 0 Å². The summed E-state index contributed by atoms with van der Waals surface area (Å²) in [6.45, 7) is 2.76. The molecule has 2 aromatic heterocycles. The number of carbonyl (C=O) groups is 1. The molecule has 0 bridgehead atoms. The molecule has 1 atom stereocenters. The van der Waals surface area contributed by atoms with Crippen LogP contribution in [0.2, 0.25) is 0 Å². The molecule has 3 heterocycles. The van der Waals surface area contributed by atoms with Crippen molar-refractivity contribution in [2.24, 2.45) is 0 Å². The van der Waals surface area contributed by atoms with Crippen LogP contribution in [-0.4, -0.2) is 37.8 Å². The van der Waals surface area contributed by atoms with Crippen molar-refractivity contribution in [3.05, 3.63) is 24.5 Å². The summed E-state index contributed by atoms with van der Waals surface area (Å²) >= 11 is 0. The molecule has 1 N–H and O–H groups in total. The number of carboxylic acid groups (broad SMARTS) is 1. The zero-order valence-corrected chi connectivity index (χ0v) is 11.5. The van der Waals surface area contributed by atoms with Gasteiger partial charge in [-0.3, -0.25) is 0 Å². The van der Waals surface area contributed by atoms with Gasteiger partial charge in [0.15, 0.2) is 5.65 Å². The number of fused-ring (bicyclic) bond motifs is 1. The Hall–Kier alpha value is -2.11. The molecular formula is C14H18N4O2. The highest BCUT2D eigenvalue weighted by molar-refractivity contribution is 5.84. The fourth-order valence-corrected chi connectivity index (χ4v) is 3.17. The Labute approximate surface area is 117 Å². The Kier molecular flexibility index (Phi) is 3.08. The maximum absolute atomic E-state index is 11.8. The zero-order chi connectivity index (χ0) is 14.2. The second kappa shape index (κ2) is 4.77.